The van der Waals surface area contributed by atoms with Crippen LogP contribution in [0.2, 0.25) is 0 Å². The van der Waals surface area contributed by atoms with Crippen molar-refractivity contribution in [3.05, 3.63) is 194 Å². The summed E-state index contributed by atoms with van der Waals surface area (Å²) in [7, 11) is 0. The maximum atomic E-state index is 15.6. The van der Waals surface area contributed by atoms with Gasteiger partial charge in [-0.05, 0) is 0 Å². The van der Waals surface area contributed by atoms with Crippen LogP contribution in [0.4, 0.5) is 8.78 Å². The minimum absolute atomic E-state index is 0.01000. The fourth-order valence-electron chi connectivity index (χ4n) is 9.01. The molecule has 0 atom stereocenters. The van der Waals surface area contributed by atoms with E-state index < -0.39 is 11.6 Å². The van der Waals surface area contributed by atoms with Crippen molar-refractivity contribution in [2.45, 2.75) is 0 Å². The van der Waals surface area contributed by atoms with Gasteiger partial charge in [-0.2, -0.15) is 0 Å². The van der Waals surface area contributed by atoms with Crippen molar-refractivity contribution in [3.63, 3.8) is 0 Å². The number of rotatable bonds is 4. The fraction of sp³-hybridized carbons (Fsp3) is 0. The summed E-state index contributed by atoms with van der Waals surface area (Å²) >= 11 is 0.0272. The minimum atomic E-state index is -0.565. The van der Waals surface area contributed by atoms with Crippen LogP contribution < -0.4 is 0 Å². The predicted molar refractivity (Wildman–Crippen MR) is 230 cm³/mol. The molecule has 0 saturated carbocycles. The molecule has 0 amide bonds. The van der Waals surface area contributed by atoms with Gasteiger partial charge in [-0.15, -0.1) is 0 Å². The molecule has 0 nitrogen and oxygen atoms in total. The van der Waals surface area contributed by atoms with Gasteiger partial charge in [0.15, 0.2) is 0 Å². The maximum absolute atomic E-state index is 15.6. The molecule has 3 heteroatoms. The Morgan fingerprint density at radius 3 is 1.24 bits per heavy atom. The molecule has 0 fully saturated rings. The van der Waals surface area contributed by atoms with Crippen molar-refractivity contribution in [2.75, 3.05) is 0 Å². The van der Waals surface area contributed by atoms with Crippen LogP contribution in [0.3, 0.4) is 0 Å². The van der Waals surface area contributed by atoms with Crippen molar-refractivity contribution in [1.82, 2.24) is 0 Å². The van der Waals surface area contributed by atoms with Gasteiger partial charge in [-0.25, -0.2) is 0 Å². The van der Waals surface area contributed by atoms with E-state index in [1.54, 1.807) is 0 Å². The van der Waals surface area contributed by atoms with Crippen LogP contribution in [0.15, 0.2) is 182 Å². The van der Waals surface area contributed by atoms with E-state index in [-0.39, 0.29) is 20.1 Å². The van der Waals surface area contributed by atoms with Gasteiger partial charge in [0.1, 0.15) is 0 Å². The van der Waals surface area contributed by atoms with Crippen LogP contribution in [0.25, 0.3) is 107 Å². The molecule has 0 N–H and O–H groups in total. The molecule has 0 saturated heterocycles. The van der Waals surface area contributed by atoms with E-state index in [1.165, 1.54) is 81.3 Å². The SMILES string of the molecule is Fc1cccc(F)c1-c1c2ccccc2c(-c2cccc3[se]c4c(-c5c6ccccc6c(-c6ccccc6)c6ccccc56)cccc4c23)c2ccccc12. The molecule has 10 aromatic carbocycles. The zero-order valence-electron chi connectivity index (χ0n) is 29.5. The Kier molecular flexibility index (Phi) is 7.35. The number of halogens is 2. The Balaban J connectivity index is 1.24. The molecular weight excluding hydrogens is 742 g/mol. The third-order valence-corrected chi connectivity index (χ3v) is 13.7. The summed E-state index contributed by atoms with van der Waals surface area (Å²) in [6, 6.07) is 62.2. The van der Waals surface area contributed by atoms with Crippen molar-refractivity contribution in [3.8, 4) is 44.5 Å². The van der Waals surface area contributed by atoms with Gasteiger partial charge in [0.25, 0.3) is 0 Å². The molecule has 1 heterocycles. The van der Waals surface area contributed by atoms with Crippen LogP contribution in [0.1, 0.15) is 0 Å². The van der Waals surface area contributed by atoms with Crippen molar-refractivity contribution >= 4 is 76.9 Å². The number of hydrogen-bond donors (Lipinski definition) is 0. The molecular formula is C52H30F2Se. The standard InChI is InChI=1S/C52H30F2Se/c53-43-28-14-29-44(54)51(43)50-38-23-10-8-21-36(38)47(37-22-9-11-24-39(37)50)40-25-13-30-45-49(40)42-27-12-26-41(52(42)55-45)48-34-19-6-4-17-32(34)46(31-15-2-1-3-16-31)33-18-5-7-20-35(33)48/h1-30H. The Bertz CT molecular complexity index is 3210. The van der Waals surface area contributed by atoms with Crippen LogP contribution >= 0.6 is 0 Å². The molecule has 55 heavy (non-hydrogen) atoms. The van der Waals surface area contributed by atoms with Gasteiger partial charge in [0.2, 0.25) is 0 Å². The Morgan fingerprint density at radius 2 is 0.691 bits per heavy atom. The van der Waals surface area contributed by atoms with Crippen molar-refractivity contribution in [2.24, 2.45) is 0 Å². The summed E-state index contributed by atoms with van der Waals surface area (Å²) in [4.78, 5) is 0. The summed E-state index contributed by atoms with van der Waals surface area (Å²) in [6.45, 7) is 0. The van der Waals surface area contributed by atoms with E-state index in [9.17, 15) is 0 Å². The molecule has 11 aromatic rings. The second-order valence-electron chi connectivity index (χ2n) is 14.1. The molecule has 0 aliphatic rings. The first-order chi connectivity index (χ1) is 27.2. The van der Waals surface area contributed by atoms with E-state index in [4.69, 9.17) is 0 Å². The molecule has 0 aliphatic heterocycles. The molecule has 258 valence electrons. The third-order valence-electron chi connectivity index (χ3n) is 11.2. The quantitative estimate of drug-likeness (QED) is 0.123. The second kappa shape index (κ2) is 12.6. The Morgan fingerprint density at radius 1 is 0.291 bits per heavy atom. The molecule has 1 aromatic heterocycles. The monoisotopic (exact) mass is 772 g/mol. The topological polar surface area (TPSA) is 0 Å². The van der Waals surface area contributed by atoms with Gasteiger partial charge >= 0.3 is 324 Å². The van der Waals surface area contributed by atoms with Gasteiger partial charge in [0, 0.05) is 0 Å². The second-order valence-corrected chi connectivity index (χ2v) is 16.3. The molecule has 0 aliphatic carbocycles. The third kappa shape index (κ3) is 4.80. The first-order valence-corrected chi connectivity index (χ1v) is 20.2. The summed E-state index contributed by atoms with van der Waals surface area (Å²) in [6.07, 6.45) is 0. The molecule has 0 unspecified atom stereocenters. The van der Waals surface area contributed by atoms with Crippen molar-refractivity contribution in [1.29, 1.82) is 0 Å². The predicted octanol–water partition coefficient (Wildman–Crippen LogP) is 14.6. The van der Waals surface area contributed by atoms with Crippen molar-refractivity contribution < 1.29 is 8.78 Å². The van der Waals surface area contributed by atoms with E-state index in [0.717, 1.165) is 32.7 Å². The van der Waals surface area contributed by atoms with E-state index >= 15 is 8.78 Å². The zero-order chi connectivity index (χ0) is 36.6. The van der Waals surface area contributed by atoms with Gasteiger partial charge in [-0.3, -0.25) is 0 Å². The number of fused-ring (bicyclic) bond motifs is 7. The van der Waals surface area contributed by atoms with E-state index in [1.807, 2.05) is 36.4 Å². The first-order valence-electron chi connectivity index (χ1n) is 18.5. The Hall–Kier alpha value is -6.38. The molecule has 0 radical (unpaired) electrons. The normalized spacial score (nSPS) is 11.8. The molecule has 0 bridgehead atoms. The summed E-state index contributed by atoms with van der Waals surface area (Å²) in [5, 5.41) is 11.1. The van der Waals surface area contributed by atoms with Gasteiger partial charge in [-0.1, -0.05) is 0 Å². The van der Waals surface area contributed by atoms with Crippen LogP contribution in [0.5, 0.6) is 0 Å². The number of benzene rings is 10. The zero-order valence-corrected chi connectivity index (χ0v) is 31.2. The average molecular weight is 772 g/mol. The fourth-order valence-corrected chi connectivity index (χ4v) is 11.6. The summed E-state index contributed by atoms with van der Waals surface area (Å²) < 4.78 is 33.9. The average Bonchev–Trinajstić information content (AvgIpc) is 3.62. The number of hydrogen-bond acceptors (Lipinski definition) is 0. The van der Waals surface area contributed by atoms with Crippen LogP contribution in [0, 0.1) is 11.6 Å². The first kappa shape index (κ1) is 32.1. The molecule has 11 rings (SSSR count). The van der Waals surface area contributed by atoms with Gasteiger partial charge in [0.05, 0.1) is 0 Å². The van der Waals surface area contributed by atoms with E-state index in [2.05, 4.69) is 127 Å². The van der Waals surface area contributed by atoms with Crippen LogP contribution in [-0.4, -0.2) is 14.5 Å². The summed E-state index contributed by atoms with van der Waals surface area (Å²) in [5.41, 5.74) is 7.83. The van der Waals surface area contributed by atoms with E-state index in [0.29, 0.717) is 5.56 Å². The van der Waals surface area contributed by atoms with Crippen LogP contribution in [-0.2, 0) is 0 Å². The Labute approximate surface area is 322 Å². The van der Waals surface area contributed by atoms with Gasteiger partial charge < -0.3 is 0 Å². The molecule has 0 spiro atoms. The summed E-state index contributed by atoms with van der Waals surface area (Å²) in [5.74, 6) is -1.13.